The van der Waals surface area contributed by atoms with E-state index in [4.69, 9.17) is 4.74 Å². The van der Waals surface area contributed by atoms with Gasteiger partial charge < -0.3 is 10.1 Å². The van der Waals surface area contributed by atoms with E-state index >= 15 is 0 Å². The third kappa shape index (κ3) is 7.64. The van der Waals surface area contributed by atoms with Crippen molar-refractivity contribution >= 4 is 6.09 Å². The van der Waals surface area contributed by atoms with E-state index < -0.39 is 0 Å². The number of nitrogens with one attached hydrogen (secondary N) is 1. The summed E-state index contributed by atoms with van der Waals surface area (Å²) in [4.78, 5) is 11.2. The van der Waals surface area contributed by atoms with Crippen molar-refractivity contribution in [3.8, 4) is 0 Å². The first-order valence-electron chi connectivity index (χ1n) is 6.43. The minimum absolute atomic E-state index is 0.174. The Morgan fingerprint density at radius 3 is 2.47 bits per heavy atom. The fourth-order valence-electron chi connectivity index (χ4n) is 1.67. The molecular formula is C14H25NO2. The zero-order chi connectivity index (χ0) is 13.1. The number of hydrogen-bond donors (Lipinski definition) is 1. The van der Waals surface area contributed by atoms with E-state index in [-0.39, 0.29) is 12.2 Å². The van der Waals surface area contributed by atoms with E-state index in [1.165, 1.54) is 12.8 Å². The normalized spacial score (nSPS) is 11.6. The van der Waals surface area contributed by atoms with Crippen LogP contribution in [-0.2, 0) is 4.74 Å². The van der Waals surface area contributed by atoms with E-state index in [9.17, 15) is 4.79 Å². The molecule has 1 atom stereocenters. The lowest BCUT2D eigenvalue weighted by molar-refractivity contribution is 0.113. The molecule has 3 heteroatoms. The van der Waals surface area contributed by atoms with Gasteiger partial charge in [-0.05, 0) is 37.8 Å². The standard InChI is InChI=1S/C14H25NO2/c1-5-8-9-13(17-14(16)15-4)11-10-12(6-2)7-3/h5,9,12-13H,6-7,10-11H2,1-4H3,(H,15,16). The highest BCUT2D eigenvalue weighted by Gasteiger charge is 2.12. The van der Waals surface area contributed by atoms with Gasteiger partial charge in [-0.25, -0.2) is 4.79 Å². The lowest BCUT2D eigenvalue weighted by Crippen LogP contribution is -2.25. The summed E-state index contributed by atoms with van der Waals surface area (Å²) in [7, 11) is 1.57. The van der Waals surface area contributed by atoms with Crippen LogP contribution in [0, 0.1) is 5.92 Å². The molecule has 0 aromatic carbocycles. The molecule has 1 amide bonds. The van der Waals surface area contributed by atoms with Gasteiger partial charge >= 0.3 is 6.09 Å². The maximum absolute atomic E-state index is 11.2. The molecule has 17 heavy (non-hydrogen) atoms. The molecule has 0 fully saturated rings. The van der Waals surface area contributed by atoms with Gasteiger partial charge in [0.1, 0.15) is 6.10 Å². The molecule has 0 rings (SSSR count). The molecule has 0 heterocycles. The lowest BCUT2D eigenvalue weighted by atomic mass is 9.96. The van der Waals surface area contributed by atoms with Gasteiger partial charge in [0.2, 0.25) is 0 Å². The number of amides is 1. The van der Waals surface area contributed by atoms with Crippen LogP contribution >= 0.6 is 0 Å². The van der Waals surface area contributed by atoms with Crippen molar-refractivity contribution in [3.05, 3.63) is 17.9 Å². The lowest BCUT2D eigenvalue weighted by Gasteiger charge is -2.17. The Hall–Kier alpha value is -1.21. The SMILES string of the molecule is CC=C=CC(CCC(CC)CC)OC(=O)NC. The Kier molecular flexibility index (Phi) is 9.27. The van der Waals surface area contributed by atoms with Gasteiger partial charge in [0, 0.05) is 7.05 Å². The Morgan fingerprint density at radius 1 is 1.35 bits per heavy atom. The molecule has 0 radical (unpaired) electrons. The zero-order valence-corrected chi connectivity index (χ0v) is 11.5. The average molecular weight is 239 g/mol. The van der Waals surface area contributed by atoms with Crippen LogP contribution in [-0.4, -0.2) is 19.2 Å². The second-order valence-corrected chi connectivity index (χ2v) is 4.08. The van der Waals surface area contributed by atoms with Crippen LogP contribution < -0.4 is 5.32 Å². The Bertz CT molecular complexity index is 263. The van der Waals surface area contributed by atoms with Crippen molar-refractivity contribution < 1.29 is 9.53 Å². The quantitative estimate of drug-likeness (QED) is 0.688. The molecule has 0 aliphatic heterocycles. The number of alkyl carbamates (subject to hydrolysis) is 1. The van der Waals surface area contributed by atoms with Crippen LogP contribution in [0.4, 0.5) is 4.79 Å². The van der Waals surface area contributed by atoms with E-state index in [2.05, 4.69) is 24.9 Å². The molecule has 1 N–H and O–H groups in total. The van der Waals surface area contributed by atoms with Gasteiger partial charge in [-0.1, -0.05) is 26.7 Å². The molecule has 1 unspecified atom stereocenters. The Balaban J connectivity index is 4.28. The van der Waals surface area contributed by atoms with E-state index in [0.29, 0.717) is 5.92 Å². The topological polar surface area (TPSA) is 38.3 Å². The summed E-state index contributed by atoms with van der Waals surface area (Å²) >= 11 is 0. The summed E-state index contributed by atoms with van der Waals surface area (Å²) < 4.78 is 5.25. The van der Waals surface area contributed by atoms with Crippen molar-refractivity contribution in [2.75, 3.05) is 7.05 Å². The number of rotatable bonds is 7. The van der Waals surface area contributed by atoms with E-state index in [1.807, 2.05) is 19.1 Å². The van der Waals surface area contributed by atoms with Crippen LogP contribution in [0.1, 0.15) is 46.5 Å². The summed E-state index contributed by atoms with van der Waals surface area (Å²) in [6, 6.07) is 0. The minimum Gasteiger partial charge on any atom is -0.441 e. The number of carbonyl (C=O) groups is 1. The van der Waals surface area contributed by atoms with Crippen LogP contribution in [0.15, 0.2) is 17.9 Å². The maximum Gasteiger partial charge on any atom is 0.407 e. The molecule has 98 valence electrons. The van der Waals surface area contributed by atoms with Crippen LogP contribution in [0.5, 0.6) is 0 Å². The first-order valence-corrected chi connectivity index (χ1v) is 6.43. The molecule has 0 aliphatic rings. The molecule has 0 aliphatic carbocycles. The maximum atomic E-state index is 11.2. The van der Waals surface area contributed by atoms with Gasteiger partial charge in [0.25, 0.3) is 0 Å². The first kappa shape index (κ1) is 15.8. The van der Waals surface area contributed by atoms with Crippen LogP contribution in [0.25, 0.3) is 0 Å². The van der Waals surface area contributed by atoms with Crippen molar-refractivity contribution in [1.29, 1.82) is 0 Å². The van der Waals surface area contributed by atoms with Crippen LogP contribution in [0.3, 0.4) is 0 Å². The predicted octanol–water partition coefficient (Wildman–Crippen LogP) is 3.66. The van der Waals surface area contributed by atoms with Gasteiger partial charge in [0.15, 0.2) is 0 Å². The molecular weight excluding hydrogens is 214 g/mol. The van der Waals surface area contributed by atoms with Crippen molar-refractivity contribution in [1.82, 2.24) is 5.32 Å². The molecule has 0 saturated heterocycles. The average Bonchev–Trinajstić information content (AvgIpc) is 2.36. The number of ether oxygens (including phenoxy) is 1. The van der Waals surface area contributed by atoms with Crippen molar-refractivity contribution in [2.45, 2.75) is 52.6 Å². The molecule has 0 aromatic heterocycles. The molecule has 0 saturated carbocycles. The fourth-order valence-corrected chi connectivity index (χ4v) is 1.67. The number of carbonyl (C=O) groups excluding carboxylic acids is 1. The molecule has 3 nitrogen and oxygen atoms in total. The van der Waals surface area contributed by atoms with Crippen molar-refractivity contribution in [3.63, 3.8) is 0 Å². The molecule has 0 bridgehead atoms. The summed E-state index contributed by atoms with van der Waals surface area (Å²) in [5.41, 5.74) is 2.98. The van der Waals surface area contributed by atoms with Gasteiger partial charge in [0.05, 0.1) is 0 Å². The highest BCUT2D eigenvalue weighted by molar-refractivity contribution is 5.67. The van der Waals surface area contributed by atoms with Gasteiger partial charge in [-0.2, -0.15) is 0 Å². The second-order valence-electron chi connectivity index (χ2n) is 4.08. The highest BCUT2D eigenvalue weighted by atomic mass is 16.6. The second kappa shape index (κ2) is 9.98. The molecule has 0 aromatic rings. The smallest absolute Gasteiger partial charge is 0.407 e. The van der Waals surface area contributed by atoms with E-state index in [1.54, 1.807) is 7.05 Å². The minimum atomic E-state index is -0.381. The fraction of sp³-hybridized carbons (Fsp3) is 0.714. The predicted molar refractivity (Wildman–Crippen MR) is 71.0 cm³/mol. The monoisotopic (exact) mass is 239 g/mol. The van der Waals surface area contributed by atoms with E-state index in [0.717, 1.165) is 12.8 Å². The van der Waals surface area contributed by atoms with Crippen LogP contribution in [0.2, 0.25) is 0 Å². The van der Waals surface area contributed by atoms with Crippen molar-refractivity contribution in [2.24, 2.45) is 5.92 Å². The summed E-state index contributed by atoms with van der Waals surface area (Å²) in [6.45, 7) is 6.30. The number of hydrogen-bond acceptors (Lipinski definition) is 2. The Labute approximate surface area is 105 Å². The summed E-state index contributed by atoms with van der Waals surface area (Å²) in [6.07, 6.45) is 7.37. The zero-order valence-electron chi connectivity index (χ0n) is 11.5. The third-order valence-electron chi connectivity index (χ3n) is 2.93. The highest BCUT2D eigenvalue weighted by Crippen LogP contribution is 2.17. The summed E-state index contributed by atoms with van der Waals surface area (Å²) in [5.74, 6) is 0.713. The molecule has 0 spiro atoms. The summed E-state index contributed by atoms with van der Waals surface area (Å²) in [5, 5.41) is 2.47. The van der Waals surface area contributed by atoms with Gasteiger partial charge in [-0.15, -0.1) is 5.73 Å². The third-order valence-corrected chi connectivity index (χ3v) is 2.93. The van der Waals surface area contributed by atoms with Gasteiger partial charge in [-0.3, -0.25) is 0 Å². The Morgan fingerprint density at radius 2 is 2.00 bits per heavy atom. The first-order chi connectivity index (χ1) is 8.17. The largest absolute Gasteiger partial charge is 0.441 e.